The molecule has 1 saturated heterocycles. The van der Waals surface area contributed by atoms with Crippen molar-refractivity contribution < 1.29 is 0 Å². The van der Waals surface area contributed by atoms with Gasteiger partial charge in [0, 0.05) is 30.7 Å². The van der Waals surface area contributed by atoms with Gasteiger partial charge in [0.05, 0.1) is 0 Å². The molecule has 90 valence electrons. The minimum absolute atomic E-state index is 0.662. The number of hydrogen-bond acceptors (Lipinski definition) is 2. The van der Waals surface area contributed by atoms with Crippen LogP contribution in [-0.4, -0.2) is 47.6 Å². The Morgan fingerprint density at radius 2 is 1.80 bits per heavy atom. The zero-order valence-corrected chi connectivity index (χ0v) is 11.3. The molecule has 1 aliphatic rings. The molecule has 15 heavy (non-hydrogen) atoms. The average Bonchev–Trinajstić information content (AvgIpc) is 2.46. The molecule has 0 spiro atoms. The van der Waals surface area contributed by atoms with Crippen LogP contribution in [0.1, 0.15) is 47.5 Å². The topological polar surface area (TPSA) is 6.48 Å². The second-order valence-corrected chi connectivity index (χ2v) is 5.65. The third-order valence-corrected chi connectivity index (χ3v) is 3.82. The molecular formula is C13H28N2. The minimum atomic E-state index is 0.662. The van der Waals surface area contributed by atoms with Crippen molar-refractivity contribution >= 4 is 0 Å². The van der Waals surface area contributed by atoms with E-state index in [9.17, 15) is 0 Å². The molecule has 0 amide bonds. The van der Waals surface area contributed by atoms with Crippen molar-refractivity contribution in [2.24, 2.45) is 0 Å². The largest absolute Gasteiger partial charge is 0.302 e. The monoisotopic (exact) mass is 212 g/mol. The van der Waals surface area contributed by atoms with Crippen LogP contribution < -0.4 is 0 Å². The van der Waals surface area contributed by atoms with Crippen LogP contribution in [0.15, 0.2) is 0 Å². The normalized spacial score (nSPS) is 28.6. The number of hydrogen-bond donors (Lipinski definition) is 0. The van der Waals surface area contributed by atoms with E-state index in [-0.39, 0.29) is 0 Å². The maximum Gasteiger partial charge on any atom is 0.0229 e. The number of nitrogens with zero attached hydrogens (tertiary/aromatic N) is 2. The van der Waals surface area contributed by atoms with E-state index < -0.39 is 0 Å². The summed E-state index contributed by atoms with van der Waals surface area (Å²) >= 11 is 0. The van der Waals surface area contributed by atoms with Crippen LogP contribution in [0.25, 0.3) is 0 Å². The predicted molar refractivity (Wildman–Crippen MR) is 67.2 cm³/mol. The van der Waals surface area contributed by atoms with Crippen LogP contribution in [0.5, 0.6) is 0 Å². The summed E-state index contributed by atoms with van der Waals surface area (Å²) in [4.78, 5) is 5.16. The summed E-state index contributed by atoms with van der Waals surface area (Å²) in [5, 5.41) is 0. The van der Waals surface area contributed by atoms with Crippen LogP contribution in [0.2, 0.25) is 0 Å². The SMILES string of the molecule is CC(C)N(C)C[C@@H]1CC[C@H](C)N1C(C)C. The van der Waals surface area contributed by atoms with Gasteiger partial charge in [-0.15, -0.1) is 0 Å². The summed E-state index contributed by atoms with van der Waals surface area (Å²) in [5.74, 6) is 0. The number of likely N-dealkylation sites (tertiary alicyclic amines) is 1. The highest BCUT2D eigenvalue weighted by Crippen LogP contribution is 2.26. The van der Waals surface area contributed by atoms with Crippen molar-refractivity contribution in [2.75, 3.05) is 13.6 Å². The Hall–Kier alpha value is -0.0800. The average molecular weight is 212 g/mol. The summed E-state index contributed by atoms with van der Waals surface area (Å²) < 4.78 is 0. The summed E-state index contributed by atoms with van der Waals surface area (Å²) in [7, 11) is 2.24. The van der Waals surface area contributed by atoms with Crippen molar-refractivity contribution in [3.8, 4) is 0 Å². The Morgan fingerprint density at radius 3 is 2.27 bits per heavy atom. The van der Waals surface area contributed by atoms with Crippen LogP contribution in [0, 0.1) is 0 Å². The summed E-state index contributed by atoms with van der Waals surface area (Å²) in [6, 6.07) is 2.89. The van der Waals surface area contributed by atoms with Gasteiger partial charge in [-0.1, -0.05) is 0 Å². The fourth-order valence-electron chi connectivity index (χ4n) is 2.75. The molecule has 0 aromatic carbocycles. The fourth-order valence-corrected chi connectivity index (χ4v) is 2.75. The second kappa shape index (κ2) is 5.31. The standard InChI is InChI=1S/C13H28N2/c1-10(2)14(6)9-13-8-7-12(5)15(13)11(3)4/h10-13H,7-9H2,1-6H3/t12-,13-/m0/s1. The van der Waals surface area contributed by atoms with Gasteiger partial charge in [-0.25, -0.2) is 0 Å². The number of rotatable bonds is 4. The van der Waals surface area contributed by atoms with Gasteiger partial charge in [0.2, 0.25) is 0 Å². The maximum atomic E-state index is 2.69. The molecule has 2 nitrogen and oxygen atoms in total. The Bertz CT molecular complexity index is 189. The van der Waals surface area contributed by atoms with Crippen molar-refractivity contribution in [2.45, 2.75) is 71.6 Å². The molecule has 0 bridgehead atoms. The van der Waals surface area contributed by atoms with E-state index in [4.69, 9.17) is 0 Å². The van der Waals surface area contributed by atoms with E-state index >= 15 is 0 Å². The Labute approximate surface area is 95.6 Å². The first-order chi connectivity index (χ1) is 6.93. The lowest BCUT2D eigenvalue weighted by Gasteiger charge is -2.35. The molecule has 0 radical (unpaired) electrons. The first-order valence-corrected chi connectivity index (χ1v) is 6.41. The first-order valence-electron chi connectivity index (χ1n) is 6.41. The van der Waals surface area contributed by atoms with Crippen molar-refractivity contribution in [3.05, 3.63) is 0 Å². The van der Waals surface area contributed by atoms with Crippen LogP contribution in [0.3, 0.4) is 0 Å². The Kier molecular flexibility index (Phi) is 4.60. The maximum absolute atomic E-state index is 2.69. The lowest BCUT2D eigenvalue weighted by Crippen LogP contribution is -2.46. The quantitative estimate of drug-likeness (QED) is 0.707. The molecule has 0 aromatic rings. The second-order valence-electron chi connectivity index (χ2n) is 5.65. The lowest BCUT2D eigenvalue weighted by molar-refractivity contribution is 0.117. The lowest BCUT2D eigenvalue weighted by atomic mass is 10.1. The van der Waals surface area contributed by atoms with Gasteiger partial charge in [0.15, 0.2) is 0 Å². The zero-order valence-electron chi connectivity index (χ0n) is 11.3. The van der Waals surface area contributed by atoms with E-state index in [0.29, 0.717) is 12.1 Å². The van der Waals surface area contributed by atoms with Gasteiger partial charge in [0.1, 0.15) is 0 Å². The van der Waals surface area contributed by atoms with Gasteiger partial charge < -0.3 is 4.90 Å². The molecule has 0 N–H and O–H groups in total. The first kappa shape index (κ1) is 13.0. The Balaban J connectivity index is 2.54. The van der Waals surface area contributed by atoms with E-state index in [1.165, 1.54) is 19.4 Å². The molecule has 0 unspecified atom stereocenters. The van der Waals surface area contributed by atoms with Gasteiger partial charge >= 0.3 is 0 Å². The van der Waals surface area contributed by atoms with Crippen LogP contribution in [-0.2, 0) is 0 Å². The van der Waals surface area contributed by atoms with E-state index in [2.05, 4.69) is 51.5 Å². The molecule has 1 fully saturated rings. The van der Waals surface area contributed by atoms with E-state index in [1.807, 2.05) is 0 Å². The third-order valence-electron chi connectivity index (χ3n) is 3.82. The smallest absolute Gasteiger partial charge is 0.0229 e. The molecule has 0 aliphatic carbocycles. The molecule has 1 heterocycles. The van der Waals surface area contributed by atoms with Gasteiger partial charge in [-0.2, -0.15) is 0 Å². The van der Waals surface area contributed by atoms with Gasteiger partial charge in [0.25, 0.3) is 0 Å². The van der Waals surface area contributed by atoms with Gasteiger partial charge in [-0.05, 0) is 54.5 Å². The molecule has 0 saturated carbocycles. The number of likely N-dealkylation sites (N-methyl/N-ethyl adjacent to an activating group) is 1. The molecule has 0 aromatic heterocycles. The highest BCUT2D eigenvalue weighted by atomic mass is 15.3. The van der Waals surface area contributed by atoms with Gasteiger partial charge in [-0.3, -0.25) is 4.90 Å². The third kappa shape index (κ3) is 3.18. The molecular weight excluding hydrogens is 184 g/mol. The Morgan fingerprint density at radius 1 is 1.20 bits per heavy atom. The van der Waals surface area contributed by atoms with Crippen LogP contribution >= 0.6 is 0 Å². The van der Waals surface area contributed by atoms with E-state index in [1.54, 1.807) is 0 Å². The van der Waals surface area contributed by atoms with Crippen molar-refractivity contribution in [3.63, 3.8) is 0 Å². The zero-order chi connectivity index (χ0) is 11.6. The molecule has 2 atom stereocenters. The van der Waals surface area contributed by atoms with E-state index in [0.717, 1.165) is 12.1 Å². The van der Waals surface area contributed by atoms with Crippen molar-refractivity contribution in [1.82, 2.24) is 9.80 Å². The summed E-state index contributed by atoms with van der Waals surface area (Å²) in [6.45, 7) is 12.8. The predicted octanol–water partition coefficient (Wildman–Crippen LogP) is 2.59. The summed E-state index contributed by atoms with van der Waals surface area (Å²) in [6.07, 6.45) is 2.74. The van der Waals surface area contributed by atoms with Crippen LogP contribution in [0.4, 0.5) is 0 Å². The highest BCUT2D eigenvalue weighted by Gasteiger charge is 2.32. The molecule has 1 rings (SSSR count). The fraction of sp³-hybridized carbons (Fsp3) is 1.00. The van der Waals surface area contributed by atoms with Crippen molar-refractivity contribution in [1.29, 1.82) is 0 Å². The summed E-state index contributed by atoms with van der Waals surface area (Å²) in [5.41, 5.74) is 0. The minimum Gasteiger partial charge on any atom is -0.302 e. The molecule has 1 aliphatic heterocycles. The molecule has 2 heteroatoms. The highest BCUT2D eigenvalue weighted by molar-refractivity contribution is 4.89.